The van der Waals surface area contributed by atoms with Crippen molar-refractivity contribution in [3.8, 4) is 5.75 Å². The zero-order chi connectivity index (χ0) is 27.3. The number of ketones is 1. The van der Waals surface area contributed by atoms with E-state index in [1.165, 1.54) is 7.11 Å². The van der Waals surface area contributed by atoms with E-state index in [9.17, 15) is 9.59 Å². The third kappa shape index (κ3) is 4.30. The smallest absolute Gasteiger partial charge is 0.336 e. The first kappa shape index (κ1) is 25.6. The van der Waals surface area contributed by atoms with Crippen molar-refractivity contribution < 1.29 is 19.1 Å². The molecule has 4 aromatic carbocycles. The van der Waals surface area contributed by atoms with Crippen LogP contribution in [-0.2, 0) is 16.1 Å². The van der Waals surface area contributed by atoms with Gasteiger partial charge in [0.25, 0.3) is 0 Å². The van der Waals surface area contributed by atoms with Gasteiger partial charge in [-0.3, -0.25) is 4.79 Å². The lowest BCUT2D eigenvalue weighted by Crippen LogP contribution is -2.29. The van der Waals surface area contributed by atoms with Crippen molar-refractivity contribution in [2.45, 2.75) is 19.4 Å². The van der Waals surface area contributed by atoms with Crippen molar-refractivity contribution in [3.05, 3.63) is 127 Å². The predicted octanol–water partition coefficient (Wildman–Crippen LogP) is 7.69. The second-order valence-electron chi connectivity index (χ2n) is 9.49. The van der Waals surface area contributed by atoms with Crippen LogP contribution < -0.4 is 10.1 Å². The summed E-state index contributed by atoms with van der Waals surface area (Å²) in [6.07, 6.45) is 0. The first-order valence-electron chi connectivity index (χ1n) is 12.4. The van der Waals surface area contributed by atoms with Gasteiger partial charge in [0.2, 0.25) is 0 Å². The van der Waals surface area contributed by atoms with Crippen LogP contribution in [0.5, 0.6) is 5.75 Å². The fourth-order valence-corrected chi connectivity index (χ4v) is 6.95. The van der Waals surface area contributed by atoms with E-state index in [0.717, 1.165) is 33.2 Å². The molecule has 7 heteroatoms. The number of hydrogen-bond acceptors (Lipinski definition) is 5. The number of esters is 1. The molecule has 6 rings (SSSR count). The van der Waals surface area contributed by atoms with Crippen LogP contribution in [0.2, 0.25) is 0 Å². The number of fused-ring (bicyclic) bond motifs is 3. The van der Waals surface area contributed by atoms with Gasteiger partial charge in [-0.2, -0.15) is 0 Å². The summed E-state index contributed by atoms with van der Waals surface area (Å²) in [7, 11) is 1.35. The topological polar surface area (TPSA) is 64.6 Å². The Bertz CT molecular complexity index is 1730. The van der Waals surface area contributed by atoms with Gasteiger partial charge in [0.05, 0.1) is 27.3 Å². The number of allylic oxidation sites excluding steroid dienone is 2. The molecule has 39 heavy (non-hydrogen) atoms. The van der Waals surface area contributed by atoms with E-state index in [1.807, 2.05) is 61.5 Å². The quantitative estimate of drug-likeness (QED) is 0.226. The van der Waals surface area contributed by atoms with Gasteiger partial charge in [-0.25, -0.2) is 4.79 Å². The zero-order valence-electron chi connectivity index (χ0n) is 21.2. The standard InChI is InChI=1S/C32H23Br2NO4/c1-17-26(32(37)38-2)27(28-29(35-17)22-12-5-6-13-23(22)30(28)36)20-14-24(33)31(25(34)15-20)39-16-19-10-7-9-18-8-3-4-11-21(18)19/h3-15,27,35H,16H2,1-2H3/t27-/m1/s1. The molecular formula is C32H23Br2NO4. The summed E-state index contributed by atoms with van der Waals surface area (Å²) in [6, 6.07) is 25.7. The van der Waals surface area contributed by atoms with E-state index >= 15 is 0 Å². The molecule has 1 aliphatic carbocycles. The number of benzene rings is 4. The van der Waals surface area contributed by atoms with Crippen LogP contribution in [0.25, 0.3) is 16.5 Å². The Hall–Kier alpha value is -3.68. The van der Waals surface area contributed by atoms with Gasteiger partial charge in [0.15, 0.2) is 5.78 Å². The number of dihydropyridines is 1. The number of hydrogen-bond donors (Lipinski definition) is 1. The minimum absolute atomic E-state index is 0.101. The number of ether oxygens (including phenoxy) is 2. The first-order chi connectivity index (χ1) is 18.9. The highest BCUT2D eigenvalue weighted by molar-refractivity contribution is 9.11. The van der Waals surface area contributed by atoms with Gasteiger partial charge >= 0.3 is 5.97 Å². The van der Waals surface area contributed by atoms with Crippen LogP contribution >= 0.6 is 31.9 Å². The lowest BCUT2D eigenvalue weighted by Gasteiger charge is -2.29. The molecular weight excluding hydrogens is 622 g/mol. The molecule has 0 aromatic heterocycles. The van der Waals surface area contributed by atoms with E-state index in [-0.39, 0.29) is 5.78 Å². The Labute approximate surface area is 242 Å². The molecule has 194 valence electrons. The van der Waals surface area contributed by atoms with Crippen molar-refractivity contribution in [1.82, 2.24) is 5.32 Å². The highest BCUT2D eigenvalue weighted by Crippen LogP contribution is 2.49. The monoisotopic (exact) mass is 643 g/mol. The van der Waals surface area contributed by atoms with Gasteiger partial charge in [-0.15, -0.1) is 0 Å². The van der Waals surface area contributed by atoms with Crippen LogP contribution in [0.4, 0.5) is 0 Å². The highest BCUT2D eigenvalue weighted by atomic mass is 79.9. The number of halogens is 2. The molecule has 0 unspecified atom stereocenters. The van der Waals surface area contributed by atoms with Crippen molar-refractivity contribution in [3.63, 3.8) is 0 Å². The molecule has 1 atom stereocenters. The molecule has 5 nitrogen and oxygen atoms in total. The van der Waals surface area contributed by atoms with Gasteiger partial charge in [0, 0.05) is 28.3 Å². The summed E-state index contributed by atoms with van der Waals surface area (Å²) in [4.78, 5) is 26.7. The average Bonchev–Trinajstić information content (AvgIpc) is 3.22. The van der Waals surface area contributed by atoms with Crippen LogP contribution in [-0.4, -0.2) is 18.9 Å². The summed E-state index contributed by atoms with van der Waals surface area (Å²) < 4.78 is 12.9. The summed E-state index contributed by atoms with van der Waals surface area (Å²) >= 11 is 7.38. The third-order valence-corrected chi connectivity index (χ3v) is 8.44. The molecule has 0 saturated carbocycles. The largest absolute Gasteiger partial charge is 0.487 e. The molecule has 4 aromatic rings. The Morgan fingerprint density at radius 1 is 0.923 bits per heavy atom. The van der Waals surface area contributed by atoms with Crippen molar-refractivity contribution in [2.75, 3.05) is 7.11 Å². The zero-order valence-corrected chi connectivity index (χ0v) is 24.4. The minimum Gasteiger partial charge on any atom is -0.487 e. The number of carbonyl (C=O) groups is 2. The molecule has 2 aliphatic rings. The van der Waals surface area contributed by atoms with E-state index in [1.54, 1.807) is 0 Å². The second-order valence-corrected chi connectivity index (χ2v) is 11.2. The van der Waals surface area contributed by atoms with Crippen molar-refractivity contribution in [1.29, 1.82) is 0 Å². The number of nitrogens with one attached hydrogen (secondary N) is 1. The Kier molecular flexibility index (Phi) is 6.65. The van der Waals surface area contributed by atoms with Crippen LogP contribution in [0, 0.1) is 0 Å². The Balaban J connectivity index is 1.41. The van der Waals surface area contributed by atoms with Crippen LogP contribution in [0.15, 0.2) is 105 Å². The first-order valence-corrected chi connectivity index (χ1v) is 14.0. The van der Waals surface area contributed by atoms with Gasteiger partial charge in [0.1, 0.15) is 12.4 Å². The van der Waals surface area contributed by atoms with Crippen LogP contribution in [0.3, 0.4) is 0 Å². The van der Waals surface area contributed by atoms with E-state index in [2.05, 4.69) is 61.4 Å². The van der Waals surface area contributed by atoms with E-state index in [0.29, 0.717) is 43.7 Å². The number of Topliss-reactive ketones (excluding diaryl/α,β-unsaturated/α-hetero) is 1. The lowest BCUT2D eigenvalue weighted by atomic mass is 9.80. The molecule has 0 radical (unpaired) electrons. The average molecular weight is 645 g/mol. The van der Waals surface area contributed by atoms with Gasteiger partial charge < -0.3 is 14.8 Å². The van der Waals surface area contributed by atoms with Crippen molar-refractivity contribution >= 4 is 60.1 Å². The van der Waals surface area contributed by atoms with Crippen LogP contribution in [0.1, 0.15) is 39.9 Å². The summed E-state index contributed by atoms with van der Waals surface area (Å²) in [5.74, 6) is -0.566. The lowest BCUT2D eigenvalue weighted by molar-refractivity contribution is -0.136. The number of carbonyl (C=O) groups excluding carboxylic acids is 2. The highest BCUT2D eigenvalue weighted by Gasteiger charge is 2.43. The van der Waals surface area contributed by atoms with E-state index < -0.39 is 11.9 Å². The number of methoxy groups -OCH3 is 1. The molecule has 0 spiro atoms. The molecule has 0 bridgehead atoms. The predicted molar refractivity (Wildman–Crippen MR) is 158 cm³/mol. The molecule has 1 aliphatic heterocycles. The maximum absolute atomic E-state index is 13.7. The Morgan fingerprint density at radius 3 is 2.33 bits per heavy atom. The molecule has 0 fully saturated rings. The third-order valence-electron chi connectivity index (χ3n) is 7.26. The summed E-state index contributed by atoms with van der Waals surface area (Å²) in [6.45, 7) is 2.21. The summed E-state index contributed by atoms with van der Waals surface area (Å²) in [5.41, 5.74) is 5.61. The van der Waals surface area contributed by atoms with E-state index in [4.69, 9.17) is 9.47 Å². The normalized spacial score (nSPS) is 16.2. The SMILES string of the molecule is COC(=O)C1=C(C)NC2=C(C(=O)c3ccccc32)[C@@H]1c1cc(Br)c(OCc2cccc3ccccc23)c(Br)c1. The minimum atomic E-state index is -0.617. The molecule has 0 amide bonds. The molecule has 1 N–H and O–H groups in total. The second kappa shape index (κ2) is 10.1. The number of rotatable bonds is 5. The molecule has 0 saturated heterocycles. The summed E-state index contributed by atoms with van der Waals surface area (Å²) in [5, 5.41) is 5.61. The fourth-order valence-electron chi connectivity index (χ4n) is 5.50. The van der Waals surface area contributed by atoms with Gasteiger partial charge in [-0.05, 0) is 72.8 Å². The van der Waals surface area contributed by atoms with Crippen molar-refractivity contribution in [2.24, 2.45) is 0 Å². The molecule has 1 heterocycles. The van der Waals surface area contributed by atoms with Gasteiger partial charge in [-0.1, -0.05) is 66.7 Å². The maximum Gasteiger partial charge on any atom is 0.336 e. The fraction of sp³-hybridized carbons (Fsp3) is 0.125. The maximum atomic E-state index is 13.7. The Morgan fingerprint density at radius 2 is 1.59 bits per heavy atom.